The fourth-order valence-electron chi connectivity index (χ4n) is 2.30. The van der Waals surface area contributed by atoms with E-state index in [1.54, 1.807) is 26.2 Å². The number of hydrogen-bond acceptors (Lipinski definition) is 4. The number of carbonyl (C=O) groups excluding carboxylic acids is 2. The van der Waals surface area contributed by atoms with Crippen LogP contribution in [-0.2, 0) is 16.1 Å². The third kappa shape index (κ3) is 4.60. The van der Waals surface area contributed by atoms with Crippen molar-refractivity contribution < 1.29 is 18.7 Å². The van der Waals surface area contributed by atoms with Gasteiger partial charge in [-0.2, -0.15) is 0 Å². The van der Waals surface area contributed by atoms with Crippen LogP contribution in [0.5, 0.6) is 0 Å². The summed E-state index contributed by atoms with van der Waals surface area (Å²) in [6.45, 7) is 1.76. The molecule has 2 amide bonds. The number of ether oxygens (including phenoxy) is 1. The maximum atomic E-state index is 11.8. The fourth-order valence-corrected chi connectivity index (χ4v) is 2.30. The van der Waals surface area contributed by atoms with Crippen molar-refractivity contribution in [1.29, 1.82) is 0 Å². The van der Waals surface area contributed by atoms with Crippen molar-refractivity contribution in [2.75, 3.05) is 27.3 Å². The van der Waals surface area contributed by atoms with Crippen LogP contribution in [0.25, 0.3) is 0 Å². The molecule has 0 aromatic carbocycles. The van der Waals surface area contributed by atoms with Crippen molar-refractivity contribution in [2.45, 2.75) is 25.8 Å². The molecule has 0 bridgehead atoms. The minimum atomic E-state index is -0.188. The number of carbonyl (C=O) groups is 2. The van der Waals surface area contributed by atoms with Gasteiger partial charge in [-0.1, -0.05) is 0 Å². The first-order valence-electron chi connectivity index (χ1n) is 7.21. The van der Waals surface area contributed by atoms with Gasteiger partial charge >= 0.3 is 0 Å². The van der Waals surface area contributed by atoms with Gasteiger partial charge in [0.2, 0.25) is 5.91 Å². The molecule has 1 aromatic rings. The minimum absolute atomic E-state index is 0.0117. The Kier molecular flexibility index (Phi) is 5.38. The lowest BCUT2D eigenvalue weighted by Gasteiger charge is -2.21. The fraction of sp³-hybridized carbons (Fsp3) is 0.600. The summed E-state index contributed by atoms with van der Waals surface area (Å²) < 4.78 is 10.8. The number of nitrogens with one attached hydrogen (secondary N) is 1. The van der Waals surface area contributed by atoms with Gasteiger partial charge < -0.3 is 19.4 Å². The lowest BCUT2D eigenvalue weighted by molar-refractivity contribution is -0.123. The van der Waals surface area contributed by atoms with E-state index in [1.165, 1.54) is 4.90 Å². The van der Waals surface area contributed by atoms with Crippen molar-refractivity contribution in [3.05, 3.63) is 23.7 Å². The average Bonchev–Trinajstić information content (AvgIpc) is 2.94. The van der Waals surface area contributed by atoms with Crippen molar-refractivity contribution in [2.24, 2.45) is 5.92 Å². The number of hydrogen-bond donors (Lipinski definition) is 1. The van der Waals surface area contributed by atoms with Gasteiger partial charge in [0.05, 0.1) is 6.54 Å². The number of furan rings is 1. The van der Waals surface area contributed by atoms with Crippen LogP contribution in [-0.4, -0.2) is 44.0 Å². The van der Waals surface area contributed by atoms with Gasteiger partial charge in [0.15, 0.2) is 5.76 Å². The number of amides is 2. The Hall–Kier alpha value is -1.82. The van der Waals surface area contributed by atoms with Crippen molar-refractivity contribution in [3.63, 3.8) is 0 Å². The Morgan fingerprint density at radius 1 is 1.38 bits per heavy atom. The SMILES string of the molecule is CN(C)C(=O)c1ccc(CNC(=O)C[C@@H]2CCCOC2)o1. The van der Waals surface area contributed by atoms with Gasteiger partial charge in [0, 0.05) is 33.7 Å². The molecule has 116 valence electrons. The highest BCUT2D eigenvalue weighted by Gasteiger charge is 2.18. The topological polar surface area (TPSA) is 71.8 Å². The Labute approximate surface area is 124 Å². The van der Waals surface area contributed by atoms with E-state index in [4.69, 9.17) is 9.15 Å². The van der Waals surface area contributed by atoms with Crippen LogP contribution in [0, 0.1) is 5.92 Å². The average molecular weight is 294 g/mol. The quantitative estimate of drug-likeness (QED) is 0.891. The number of nitrogens with zero attached hydrogens (tertiary/aromatic N) is 1. The highest BCUT2D eigenvalue weighted by atomic mass is 16.5. The monoisotopic (exact) mass is 294 g/mol. The van der Waals surface area contributed by atoms with Crippen molar-refractivity contribution in [3.8, 4) is 0 Å². The molecule has 2 heterocycles. The summed E-state index contributed by atoms with van der Waals surface area (Å²) in [4.78, 5) is 25.0. The van der Waals surface area contributed by atoms with Gasteiger partial charge in [-0.15, -0.1) is 0 Å². The summed E-state index contributed by atoms with van der Waals surface area (Å²) in [5.74, 6) is 0.967. The summed E-state index contributed by atoms with van der Waals surface area (Å²) in [6.07, 6.45) is 2.53. The zero-order chi connectivity index (χ0) is 15.2. The number of rotatable bonds is 5. The van der Waals surface area contributed by atoms with E-state index >= 15 is 0 Å². The molecule has 1 N–H and O–H groups in total. The van der Waals surface area contributed by atoms with Crippen LogP contribution < -0.4 is 5.32 Å². The van der Waals surface area contributed by atoms with Gasteiger partial charge in [0.1, 0.15) is 5.76 Å². The molecule has 1 saturated heterocycles. The first kappa shape index (κ1) is 15.6. The molecule has 0 radical (unpaired) electrons. The molecule has 0 saturated carbocycles. The van der Waals surface area contributed by atoms with Crippen LogP contribution in [0.4, 0.5) is 0 Å². The van der Waals surface area contributed by atoms with Crippen LogP contribution in [0.3, 0.4) is 0 Å². The Balaban J connectivity index is 1.77. The Morgan fingerprint density at radius 2 is 2.19 bits per heavy atom. The molecule has 21 heavy (non-hydrogen) atoms. The summed E-state index contributed by atoms with van der Waals surface area (Å²) >= 11 is 0. The van der Waals surface area contributed by atoms with Gasteiger partial charge in [-0.25, -0.2) is 0 Å². The molecule has 1 atom stereocenters. The predicted molar refractivity (Wildman–Crippen MR) is 76.7 cm³/mol. The molecule has 0 unspecified atom stereocenters. The smallest absolute Gasteiger partial charge is 0.289 e. The normalized spacial score (nSPS) is 18.3. The van der Waals surface area contributed by atoms with E-state index in [2.05, 4.69) is 5.32 Å². The lowest BCUT2D eigenvalue weighted by atomic mass is 9.98. The van der Waals surface area contributed by atoms with Gasteiger partial charge in [0.25, 0.3) is 5.91 Å². The summed E-state index contributed by atoms with van der Waals surface area (Å²) in [5.41, 5.74) is 0. The van der Waals surface area contributed by atoms with Crippen molar-refractivity contribution in [1.82, 2.24) is 10.2 Å². The zero-order valence-electron chi connectivity index (χ0n) is 12.6. The molecule has 0 spiro atoms. The molecular formula is C15H22N2O4. The molecule has 6 heteroatoms. The Morgan fingerprint density at radius 3 is 2.86 bits per heavy atom. The van der Waals surface area contributed by atoms with E-state index in [0.717, 1.165) is 19.4 Å². The summed E-state index contributed by atoms with van der Waals surface area (Å²) in [6, 6.07) is 3.33. The second kappa shape index (κ2) is 7.26. The summed E-state index contributed by atoms with van der Waals surface area (Å²) in [7, 11) is 3.33. The van der Waals surface area contributed by atoms with E-state index in [-0.39, 0.29) is 17.6 Å². The highest BCUT2D eigenvalue weighted by molar-refractivity contribution is 5.91. The molecule has 1 aromatic heterocycles. The van der Waals surface area contributed by atoms with E-state index in [0.29, 0.717) is 31.3 Å². The van der Waals surface area contributed by atoms with E-state index in [1.807, 2.05) is 0 Å². The maximum Gasteiger partial charge on any atom is 0.289 e. The van der Waals surface area contributed by atoms with Gasteiger partial charge in [-0.05, 0) is 30.9 Å². The second-order valence-electron chi connectivity index (χ2n) is 5.53. The maximum absolute atomic E-state index is 11.8. The third-order valence-electron chi connectivity index (χ3n) is 3.47. The summed E-state index contributed by atoms with van der Waals surface area (Å²) in [5, 5.41) is 2.81. The molecule has 0 aliphatic carbocycles. The van der Waals surface area contributed by atoms with E-state index in [9.17, 15) is 9.59 Å². The first-order chi connectivity index (χ1) is 10.1. The standard InChI is InChI=1S/C15H22N2O4/c1-17(2)15(19)13-6-5-12(21-13)9-16-14(18)8-11-4-3-7-20-10-11/h5-6,11H,3-4,7-10H2,1-2H3,(H,16,18)/t11-/m0/s1. The predicted octanol–water partition coefficient (Wildman–Crippen LogP) is 1.41. The third-order valence-corrected chi connectivity index (χ3v) is 3.47. The Bertz CT molecular complexity index is 490. The van der Waals surface area contributed by atoms with Crippen LogP contribution in [0.15, 0.2) is 16.5 Å². The molecule has 6 nitrogen and oxygen atoms in total. The second-order valence-corrected chi connectivity index (χ2v) is 5.53. The molecule has 1 aliphatic rings. The molecule has 1 fully saturated rings. The molecular weight excluding hydrogens is 272 g/mol. The molecule has 2 rings (SSSR count). The van der Waals surface area contributed by atoms with Crippen LogP contribution in [0.2, 0.25) is 0 Å². The zero-order valence-corrected chi connectivity index (χ0v) is 12.6. The van der Waals surface area contributed by atoms with Crippen LogP contribution >= 0.6 is 0 Å². The minimum Gasteiger partial charge on any atom is -0.454 e. The van der Waals surface area contributed by atoms with Crippen LogP contribution in [0.1, 0.15) is 35.6 Å². The largest absolute Gasteiger partial charge is 0.454 e. The highest BCUT2D eigenvalue weighted by Crippen LogP contribution is 2.17. The van der Waals surface area contributed by atoms with Crippen molar-refractivity contribution >= 4 is 11.8 Å². The van der Waals surface area contributed by atoms with Gasteiger partial charge in [-0.3, -0.25) is 9.59 Å². The molecule has 1 aliphatic heterocycles. The lowest BCUT2D eigenvalue weighted by Crippen LogP contribution is -2.28. The van der Waals surface area contributed by atoms with E-state index < -0.39 is 0 Å². The first-order valence-corrected chi connectivity index (χ1v) is 7.21.